The molecule has 6 unspecified atom stereocenters. The first-order valence-electron chi connectivity index (χ1n) is 20.1. The van der Waals surface area contributed by atoms with Gasteiger partial charge in [0.2, 0.25) is 0 Å². The third-order valence-electron chi connectivity index (χ3n) is 13.9. The molecule has 0 aromatic heterocycles. The molecule has 0 amide bonds. The fourth-order valence-corrected chi connectivity index (χ4v) is 14.7. The Balaban J connectivity index is 1.12. The topological polar surface area (TPSA) is 3.24 Å². The summed E-state index contributed by atoms with van der Waals surface area (Å²) in [4.78, 5) is 7.34. The maximum absolute atomic E-state index is 2.86. The predicted octanol–water partition coefficient (Wildman–Crippen LogP) is 13.3. The van der Waals surface area contributed by atoms with E-state index in [4.69, 9.17) is 0 Å². The minimum Gasteiger partial charge on any atom is -0.333 e. The van der Waals surface area contributed by atoms with Crippen LogP contribution >= 0.6 is 23.5 Å². The van der Waals surface area contributed by atoms with E-state index < -0.39 is 0 Å². The summed E-state index contributed by atoms with van der Waals surface area (Å²) in [6, 6.07) is 32.5. The number of hydrogen-bond donors (Lipinski definition) is 0. The molecule has 53 heavy (non-hydrogen) atoms. The van der Waals surface area contributed by atoms with E-state index in [1.54, 1.807) is 37.7 Å². The highest BCUT2D eigenvalue weighted by Gasteiger charge is 2.58. The van der Waals surface area contributed by atoms with Crippen LogP contribution in [0.3, 0.4) is 0 Å². The summed E-state index contributed by atoms with van der Waals surface area (Å²) >= 11 is 4.27. The van der Waals surface area contributed by atoms with Crippen LogP contribution in [-0.4, -0.2) is 11.3 Å². The number of rotatable bonds is 3. The zero-order valence-electron chi connectivity index (χ0n) is 30.6. The Bertz CT molecular complexity index is 2260. The second kappa shape index (κ2) is 12.6. The lowest BCUT2D eigenvalue weighted by molar-refractivity contribution is 0.313. The molecule has 1 fully saturated rings. The van der Waals surface area contributed by atoms with Gasteiger partial charge in [0, 0.05) is 48.6 Å². The molecule has 1 saturated heterocycles. The minimum absolute atomic E-state index is 0.136. The van der Waals surface area contributed by atoms with E-state index in [1.165, 1.54) is 46.7 Å². The van der Waals surface area contributed by atoms with Crippen LogP contribution in [0.15, 0.2) is 182 Å². The second-order valence-corrected chi connectivity index (χ2v) is 18.9. The van der Waals surface area contributed by atoms with E-state index in [9.17, 15) is 0 Å². The zero-order valence-corrected chi connectivity index (χ0v) is 32.3. The van der Waals surface area contributed by atoms with Crippen LogP contribution in [0.4, 0.5) is 5.69 Å². The Hall–Kier alpha value is -3.92. The first-order chi connectivity index (χ1) is 26.2. The van der Waals surface area contributed by atoms with E-state index in [1.807, 2.05) is 0 Å². The van der Waals surface area contributed by atoms with Gasteiger partial charge in [-0.05, 0) is 121 Å². The van der Waals surface area contributed by atoms with Crippen LogP contribution in [0, 0.1) is 11.3 Å². The monoisotopic (exact) mass is 725 g/mol. The van der Waals surface area contributed by atoms with Crippen molar-refractivity contribution in [3.63, 3.8) is 0 Å². The van der Waals surface area contributed by atoms with E-state index in [0.29, 0.717) is 23.1 Å². The summed E-state index contributed by atoms with van der Waals surface area (Å²) in [5, 5.41) is 0.536. The molecule has 3 aromatic rings. The molecule has 3 aromatic carbocycles. The van der Waals surface area contributed by atoms with E-state index in [0.717, 1.165) is 38.5 Å². The summed E-state index contributed by atoms with van der Waals surface area (Å²) in [5.74, 6) is 0.750. The Morgan fingerprint density at radius 1 is 0.774 bits per heavy atom. The first kappa shape index (κ1) is 32.5. The smallest absolute Gasteiger partial charge is 0.0682 e. The Morgan fingerprint density at radius 2 is 1.58 bits per heavy atom. The van der Waals surface area contributed by atoms with Crippen molar-refractivity contribution in [1.29, 1.82) is 0 Å². The molecule has 0 bridgehead atoms. The van der Waals surface area contributed by atoms with Gasteiger partial charge in [-0.2, -0.15) is 0 Å². The molecule has 1 nitrogen and oxygen atoms in total. The number of anilines is 1. The number of nitrogens with zero attached hydrogens (tertiary/aromatic N) is 1. The highest BCUT2D eigenvalue weighted by Crippen LogP contribution is 2.68. The van der Waals surface area contributed by atoms with Crippen LogP contribution in [0.1, 0.15) is 81.8 Å². The SMILES string of the molecule is CC12CCC=C(C3=CC4C(CC3)SC3=CCCC=C3C43C4=C(Sc5ccccc53)C(c3ccccc3)CC=C4)C1N(c1ccccc1)C1=C2CCC=C1. The molecule has 6 atom stereocenters. The van der Waals surface area contributed by atoms with Gasteiger partial charge in [-0.3, -0.25) is 0 Å². The lowest BCUT2D eigenvalue weighted by Crippen LogP contribution is -2.50. The van der Waals surface area contributed by atoms with Gasteiger partial charge < -0.3 is 4.90 Å². The van der Waals surface area contributed by atoms with Gasteiger partial charge in [-0.25, -0.2) is 0 Å². The normalized spacial score (nSPS) is 32.4. The highest BCUT2D eigenvalue weighted by atomic mass is 32.2. The number of allylic oxidation sites excluding steroid dienone is 11. The highest BCUT2D eigenvalue weighted by molar-refractivity contribution is 8.04. The van der Waals surface area contributed by atoms with Gasteiger partial charge >= 0.3 is 0 Å². The van der Waals surface area contributed by atoms with Crippen LogP contribution in [-0.2, 0) is 5.41 Å². The van der Waals surface area contributed by atoms with Crippen LogP contribution in [0.25, 0.3) is 0 Å². The van der Waals surface area contributed by atoms with E-state index in [2.05, 4.69) is 169 Å². The second-order valence-electron chi connectivity index (χ2n) is 16.5. The zero-order chi connectivity index (χ0) is 35.1. The number of hydrogen-bond acceptors (Lipinski definition) is 3. The van der Waals surface area contributed by atoms with Crippen molar-refractivity contribution >= 4 is 29.2 Å². The van der Waals surface area contributed by atoms with Gasteiger partial charge in [-0.15, -0.1) is 11.8 Å². The van der Waals surface area contributed by atoms with Crippen molar-refractivity contribution in [1.82, 2.24) is 0 Å². The molecule has 3 heterocycles. The molecule has 5 aliphatic carbocycles. The molecule has 1 spiro atoms. The van der Waals surface area contributed by atoms with Crippen molar-refractivity contribution in [2.45, 2.75) is 92.2 Å². The fraction of sp³-hybridized carbons (Fsp3) is 0.320. The average Bonchev–Trinajstić information content (AvgIpc) is 3.49. The largest absolute Gasteiger partial charge is 0.333 e. The maximum atomic E-state index is 2.86. The van der Waals surface area contributed by atoms with Crippen molar-refractivity contribution in [3.05, 3.63) is 188 Å². The molecule has 3 aliphatic heterocycles. The molecule has 0 radical (unpaired) electrons. The summed E-state index contributed by atoms with van der Waals surface area (Å²) < 4.78 is 0. The Labute approximate surface area is 324 Å². The van der Waals surface area contributed by atoms with Crippen molar-refractivity contribution in [2.75, 3.05) is 4.90 Å². The van der Waals surface area contributed by atoms with Crippen LogP contribution in [0.2, 0.25) is 0 Å². The van der Waals surface area contributed by atoms with E-state index >= 15 is 0 Å². The molecular formula is C50H47NS2. The lowest BCUT2D eigenvalue weighted by Gasteiger charge is -2.56. The summed E-state index contributed by atoms with van der Waals surface area (Å²) in [7, 11) is 0. The summed E-state index contributed by atoms with van der Waals surface area (Å²) in [5.41, 5.74) is 13.8. The minimum atomic E-state index is -0.206. The van der Waals surface area contributed by atoms with Gasteiger partial charge in [0.1, 0.15) is 0 Å². The number of para-hydroxylation sites is 1. The van der Waals surface area contributed by atoms with Crippen LogP contribution < -0.4 is 4.90 Å². The van der Waals surface area contributed by atoms with E-state index in [-0.39, 0.29) is 10.8 Å². The third-order valence-corrected chi connectivity index (χ3v) is 16.6. The fourth-order valence-electron chi connectivity index (χ4n) is 11.7. The van der Waals surface area contributed by atoms with Gasteiger partial charge in [-0.1, -0.05) is 128 Å². The van der Waals surface area contributed by atoms with Gasteiger partial charge in [0.25, 0.3) is 0 Å². The summed E-state index contributed by atoms with van der Waals surface area (Å²) in [6.07, 6.45) is 31.2. The van der Waals surface area contributed by atoms with Gasteiger partial charge in [0.15, 0.2) is 0 Å². The average molecular weight is 726 g/mol. The molecule has 0 saturated carbocycles. The number of benzene rings is 3. The molecule has 3 heteroatoms. The summed E-state index contributed by atoms with van der Waals surface area (Å²) in [6.45, 7) is 2.61. The predicted molar refractivity (Wildman–Crippen MR) is 225 cm³/mol. The van der Waals surface area contributed by atoms with Crippen LogP contribution in [0.5, 0.6) is 0 Å². The molecule has 264 valence electrons. The molecular weight excluding hydrogens is 679 g/mol. The third kappa shape index (κ3) is 4.72. The number of thioether (sulfide) groups is 2. The molecule has 8 aliphatic rings. The van der Waals surface area contributed by atoms with Gasteiger partial charge in [0.05, 0.1) is 11.5 Å². The maximum Gasteiger partial charge on any atom is 0.0682 e. The number of fused-ring (bicyclic) bond motifs is 9. The molecule has 0 N–H and O–H groups in total. The van der Waals surface area contributed by atoms with Crippen molar-refractivity contribution in [2.24, 2.45) is 11.3 Å². The first-order valence-corrected chi connectivity index (χ1v) is 21.8. The molecule has 11 rings (SSSR count). The van der Waals surface area contributed by atoms with Crippen molar-refractivity contribution in [3.8, 4) is 0 Å². The quantitative estimate of drug-likeness (QED) is 0.265. The Morgan fingerprint density at radius 3 is 2.47 bits per heavy atom. The standard InChI is InChI=1S/C50H47NS2/c1-49-31-15-21-37(48(49)51(35-18-6-3-7-19-35)43-26-11-8-22-38(43)49)34-29-30-46-42(32-34)50(39-23-9-12-27-44(39)52-46)40-24-10-13-28-45(40)53-47-36(20-14-25-41(47)50)33-16-4-2-5-17-33/h2-7,10-11,13-14,16-19,21,23-28,32,36,42,46,48H,8-9,12,15,20,22,29-31H2,1H3. The van der Waals surface area contributed by atoms with Crippen molar-refractivity contribution < 1.29 is 0 Å². The lowest BCUT2D eigenvalue weighted by atomic mass is 9.55. The Kier molecular flexibility index (Phi) is 7.71.